The van der Waals surface area contributed by atoms with Crippen LogP contribution in [0.3, 0.4) is 0 Å². The van der Waals surface area contributed by atoms with Crippen LogP contribution in [-0.2, 0) is 36.8 Å². The Hall–Kier alpha value is -4.37. The van der Waals surface area contributed by atoms with Crippen molar-refractivity contribution in [1.29, 1.82) is 0 Å². The van der Waals surface area contributed by atoms with Crippen LogP contribution in [-0.4, -0.2) is 91.0 Å². The monoisotopic (exact) mass is 587 g/mol. The number of carboxylic acids is 2. The number of hydrogen-bond donors (Lipinski definition) is 8. The minimum absolute atomic E-state index is 0.00868. The fourth-order valence-electron chi connectivity index (χ4n) is 4.16. The topological polar surface area (TPSA) is 232 Å². The Morgan fingerprint density at radius 2 is 1.63 bits per heavy atom. The Bertz CT molecular complexity index is 1360. The molecule has 0 saturated carbocycles. The third-order valence-corrected chi connectivity index (χ3v) is 6.94. The summed E-state index contributed by atoms with van der Waals surface area (Å²) < 4.78 is 0. The number of amides is 3. The number of H-pyrrole nitrogens is 2. The standard InChI is InChI=1S/C26H33N7O7S/c1-41-7-6-19(26(39)40)31-25(38)21(10-22(34)35)33-24(37)20(8-14-11-29-18-5-3-2-4-16(14)18)32-23(36)17(27)9-15-12-28-13-30-15/h2-5,11-13,17,19-21,29H,6-10,27H2,1H3,(H,28,30)(H,31,38)(H,32,36)(H,33,37)(H,34,35)(H,39,40). The second-order valence-corrected chi connectivity index (χ2v) is 10.3. The van der Waals surface area contributed by atoms with Crippen LogP contribution in [0.4, 0.5) is 0 Å². The molecule has 0 saturated heterocycles. The van der Waals surface area contributed by atoms with Crippen LogP contribution in [0.25, 0.3) is 10.9 Å². The number of aromatic nitrogens is 3. The van der Waals surface area contributed by atoms with Gasteiger partial charge in [-0.25, -0.2) is 9.78 Å². The van der Waals surface area contributed by atoms with Gasteiger partial charge >= 0.3 is 11.9 Å². The highest BCUT2D eigenvalue weighted by Gasteiger charge is 2.32. The number of aliphatic carboxylic acids is 2. The largest absolute Gasteiger partial charge is 0.481 e. The minimum atomic E-state index is -1.60. The number of carbonyl (C=O) groups is 5. The number of nitrogens with zero attached hydrogens (tertiary/aromatic N) is 1. The van der Waals surface area contributed by atoms with Gasteiger partial charge in [0, 0.05) is 41.8 Å². The molecule has 0 spiro atoms. The van der Waals surface area contributed by atoms with E-state index >= 15 is 0 Å². The van der Waals surface area contributed by atoms with E-state index in [1.165, 1.54) is 24.3 Å². The smallest absolute Gasteiger partial charge is 0.326 e. The summed E-state index contributed by atoms with van der Waals surface area (Å²) in [6.07, 6.45) is 5.82. The van der Waals surface area contributed by atoms with E-state index in [0.29, 0.717) is 17.0 Å². The molecule has 9 N–H and O–H groups in total. The lowest BCUT2D eigenvalue weighted by Crippen LogP contribution is -2.58. The zero-order valence-electron chi connectivity index (χ0n) is 22.3. The molecule has 3 amide bonds. The number of carboxylic acid groups (broad SMARTS) is 2. The summed E-state index contributed by atoms with van der Waals surface area (Å²) >= 11 is 1.38. The van der Waals surface area contributed by atoms with Gasteiger partial charge in [0.1, 0.15) is 18.1 Å². The maximum absolute atomic E-state index is 13.5. The Balaban J connectivity index is 1.82. The first kappa shape index (κ1) is 31.2. The number of benzene rings is 1. The maximum atomic E-state index is 13.5. The number of carbonyl (C=O) groups excluding carboxylic acids is 3. The summed E-state index contributed by atoms with van der Waals surface area (Å²) in [6, 6.07) is 2.17. The Kier molecular flexibility index (Phi) is 11.3. The lowest BCUT2D eigenvalue weighted by Gasteiger charge is -2.24. The number of nitrogens with two attached hydrogens (primary N) is 1. The highest BCUT2D eigenvalue weighted by atomic mass is 32.2. The van der Waals surface area contributed by atoms with Crippen molar-refractivity contribution in [3.8, 4) is 0 Å². The van der Waals surface area contributed by atoms with Crippen molar-refractivity contribution >= 4 is 52.3 Å². The lowest BCUT2D eigenvalue weighted by atomic mass is 10.0. The van der Waals surface area contributed by atoms with Gasteiger partial charge in [-0.3, -0.25) is 19.2 Å². The fourth-order valence-corrected chi connectivity index (χ4v) is 4.63. The van der Waals surface area contributed by atoms with Crippen LogP contribution in [0.15, 0.2) is 43.0 Å². The third kappa shape index (κ3) is 9.08. The predicted octanol–water partition coefficient (Wildman–Crippen LogP) is -0.230. The van der Waals surface area contributed by atoms with E-state index in [-0.39, 0.29) is 19.3 Å². The van der Waals surface area contributed by atoms with E-state index in [4.69, 9.17) is 5.73 Å². The lowest BCUT2D eigenvalue weighted by molar-refractivity contribution is -0.143. The summed E-state index contributed by atoms with van der Waals surface area (Å²) in [5.74, 6) is -4.70. The van der Waals surface area contributed by atoms with E-state index in [2.05, 4.69) is 30.9 Å². The van der Waals surface area contributed by atoms with Gasteiger partial charge in [0.25, 0.3) is 0 Å². The average Bonchev–Trinajstić information content (AvgIpc) is 3.59. The molecule has 41 heavy (non-hydrogen) atoms. The Labute approximate surface area is 239 Å². The molecule has 0 radical (unpaired) electrons. The van der Waals surface area contributed by atoms with E-state index in [0.717, 1.165) is 10.9 Å². The van der Waals surface area contributed by atoms with Crippen LogP contribution >= 0.6 is 11.8 Å². The molecule has 4 atom stereocenters. The molecule has 4 unspecified atom stereocenters. The van der Waals surface area contributed by atoms with Crippen molar-refractivity contribution in [2.75, 3.05) is 12.0 Å². The molecule has 15 heteroatoms. The summed E-state index contributed by atoms with van der Waals surface area (Å²) in [6.45, 7) is 0. The highest BCUT2D eigenvalue weighted by molar-refractivity contribution is 7.98. The first-order valence-electron chi connectivity index (χ1n) is 12.7. The summed E-state index contributed by atoms with van der Waals surface area (Å²) in [7, 11) is 0. The number of fused-ring (bicyclic) bond motifs is 1. The van der Waals surface area contributed by atoms with Crippen molar-refractivity contribution in [3.63, 3.8) is 0 Å². The van der Waals surface area contributed by atoms with Gasteiger partial charge in [0.15, 0.2) is 0 Å². The molecule has 3 rings (SSSR count). The second kappa shape index (κ2) is 14.9. The van der Waals surface area contributed by atoms with Crippen molar-refractivity contribution in [1.82, 2.24) is 30.9 Å². The van der Waals surface area contributed by atoms with Crippen LogP contribution < -0.4 is 21.7 Å². The first-order chi connectivity index (χ1) is 19.6. The Morgan fingerprint density at radius 1 is 0.951 bits per heavy atom. The average molecular weight is 588 g/mol. The van der Waals surface area contributed by atoms with Gasteiger partial charge in [-0.05, 0) is 30.1 Å². The van der Waals surface area contributed by atoms with Crippen molar-refractivity contribution in [2.45, 2.75) is 49.9 Å². The summed E-state index contributed by atoms with van der Waals surface area (Å²) in [5.41, 5.74) is 8.16. The predicted molar refractivity (Wildman–Crippen MR) is 151 cm³/mol. The van der Waals surface area contributed by atoms with E-state index in [1.54, 1.807) is 12.5 Å². The molecule has 0 bridgehead atoms. The van der Waals surface area contributed by atoms with E-state index < -0.39 is 60.2 Å². The molecule has 1 aromatic carbocycles. The molecule has 2 heterocycles. The van der Waals surface area contributed by atoms with Gasteiger partial charge in [0.2, 0.25) is 17.7 Å². The molecule has 220 valence electrons. The second-order valence-electron chi connectivity index (χ2n) is 9.35. The van der Waals surface area contributed by atoms with Crippen molar-refractivity contribution < 1.29 is 34.2 Å². The van der Waals surface area contributed by atoms with Crippen LogP contribution in [0.1, 0.15) is 24.1 Å². The SMILES string of the molecule is CSCCC(NC(=O)C(CC(=O)O)NC(=O)C(Cc1c[nH]c2ccccc12)NC(=O)C(N)Cc1cnc[nH]1)C(=O)O. The molecule has 2 aromatic heterocycles. The molecule has 0 aliphatic heterocycles. The normalized spacial score (nSPS) is 14.0. The third-order valence-electron chi connectivity index (χ3n) is 6.30. The van der Waals surface area contributed by atoms with Gasteiger partial charge in [-0.1, -0.05) is 18.2 Å². The molecule has 14 nitrogen and oxygen atoms in total. The number of rotatable bonds is 16. The number of aromatic amines is 2. The number of thioether (sulfide) groups is 1. The van der Waals surface area contributed by atoms with Gasteiger partial charge in [-0.2, -0.15) is 11.8 Å². The maximum Gasteiger partial charge on any atom is 0.326 e. The number of nitrogens with one attached hydrogen (secondary N) is 5. The van der Waals surface area contributed by atoms with Gasteiger partial charge < -0.3 is 41.9 Å². The zero-order valence-corrected chi connectivity index (χ0v) is 23.1. The van der Waals surface area contributed by atoms with E-state index in [9.17, 15) is 34.2 Å². The minimum Gasteiger partial charge on any atom is -0.481 e. The fraction of sp³-hybridized carbons (Fsp3) is 0.385. The highest BCUT2D eigenvalue weighted by Crippen LogP contribution is 2.19. The molecular weight excluding hydrogens is 554 g/mol. The number of para-hydroxylation sites is 1. The van der Waals surface area contributed by atoms with Crippen LogP contribution in [0, 0.1) is 0 Å². The van der Waals surface area contributed by atoms with Gasteiger partial charge in [-0.15, -0.1) is 0 Å². The molecule has 3 aromatic rings. The molecule has 0 aliphatic rings. The number of hydrogen-bond acceptors (Lipinski definition) is 8. The van der Waals surface area contributed by atoms with E-state index in [1.807, 2.05) is 24.3 Å². The summed E-state index contributed by atoms with van der Waals surface area (Å²) in [5, 5.41) is 27.0. The van der Waals surface area contributed by atoms with Crippen molar-refractivity contribution in [3.05, 3.63) is 54.2 Å². The van der Waals surface area contributed by atoms with Gasteiger partial charge in [0.05, 0.1) is 18.8 Å². The van der Waals surface area contributed by atoms with Crippen molar-refractivity contribution in [2.24, 2.45) is 5.73 Å². The molecule has 0 fully saturated rings. The quantitative estimate of drug-likeness (QED) is 0.110. The summed E-state index contributed by atoms with van der Waals surface area (Å²) in [4.78, 5) is 72.4. The first-order valence-corrected chi connectivity index (χ1v) is 14.1. The molecule has 0 aliphatic carbocycles. The molecular formula is C26H33N7O7S. The zero-order chi connectivity index (χ0) is 29.9. The van der Waals surface area contributed by atoms with Crippen LogP contribution in [0.5, 0.6) is 0 Å². The Morgan fingerprint density at radius 3 is 2.29 bits per heavy atom. The number of imidazole rings is 1. The van der Waals surface area contributed by atoms with Crippen LogP contribution in [0.2, 0.25) is 0 Å².